The fourth-order valence-electron chi connectivity index (χ4n) is 3.63. The molecule has 0 aliphatic rings. The fraction of sp³-hybridized carbons (Fsp3) is 0.115. The lowest BCUT2D eigenvalue weighted by Crippen LogP contribution is -2.05. The van der Waals surface area contributed by atoms with Gasteiger partial charge in [0.1, 0.15) is 6.61 Å². The Labute approximate surface area is 170 Å². The van der Waals surface area contributed by atoms with Crippen LogP contribution in [0.5, 0.6) is 0 Å². The minimum Gasteiger partial charge on any atom is -0.457 e. The van der Waals surface area contributed by atoms with Crippen molar-refractivity contribution >= 4 is 22.9 Å². The molecule has 3 heteroatoms. The smallest absolute Gasteiger partial charge is 0.334 e. The molecular weight excluding hydrogens is 358 g/mol. The summed E-state index contributed by atoms with van der Waals surface area (Å²) in [6.07, 6.45) is 1.94. The van der Waals surface area contributed by atoms with E-state index in [4.69, 9.17) is 4.74 Å². The number of aromatic nitrogens is 1. The van der Waals surface area contributed by atoms with E-state index < -0.39 is 0 Å². The summed E-state index contributed by atoms with van der Waals surface area (Å²) in [5.41, 5.74) is 5.91. The fourth-order valence-corrected chi connectivity index (χ4v) is 3.63. The SMILES string of the molecule is CC(=Cc1c(-c2ccccc2)n(C)c2ccccc12)C(=O)OCc1ccccc1. The molecule has 0 amide bonds. The predicted octanol–water partition coefficient (Wildman–Crippen LogP) is 5.99. The number of carbonyl (C=O) groups excluding carboxylic acids is 1. The number of carbonyl (C=O) groups is 1. The molecule has 0 N–H and O–H groups in total. The van der Waals surface area contributed by atoms with Crippen LogP contribution >= 0.6 is 0 Å². The molecule has 0 saturated carbocycles. The molecule has 0 fully saturated rings. The van der Waals surface area contributed by atoms with Gasteiger partial charge in [0.2, 0.25) is 0 Å². The van der Waals surface area contributed by atoms with E-state index in [9.17, 15) is 4.79 Å². The zero-order valence-corrected chi connectivity index (χ0v) is 16.6. The minimum absolute atomic E-state index is 0.270. The topological polar surface area (TPSA) is 31.2 Å². The molecule has 0 radical (unpaired) electrons. The number of hydrogen-bond donors (Lipinski definition) is 0. The van der Waals surface area contributed by atoms with Crippen LogP contribution in [0.1, 0.15) is 18.1 Å². The minimum atomic E-state index is -0.305. The van der Waals surface area contributed by atoms with E-state index in [0.717, 1.165) is 33.3 Å². The summed E-state index contributed by atoms with van der Waals surface area (Å²) >= 11 is 0. The third-order valence-electron chi connectivity index (χ3n) is 5.09. The Bertz CT molecular complexity index is 1170. The number of ether oxygens (including phenoxy) is 1. The first-order valence-electron chi connectivity index (χ1n) is 9.67. The van der Waals surface area contributed by atoms with Crippen molar-refractivity contribution in [2.75, 3.05) is 0 Å². The third kappa shape index (κ3) is 3.85. The molecule has 0 aliphatic heterocycles. The Balaban J connectivity index is 1.72. The number of benzene rings is 3. The van der Waals surface area contributed by atoms with Crippen LogP contribution in [0.3, 0.4) is 0 Å². The first kappa shape index (κ1) is 18.8. The van der Waals surface area contributed by atoms with Gasteiger partial charge in [-0.25, -0.2) is 4.79 Å². The van der Waals surface area contributed by atoms with Crippen LogP contribution in [0.2, 0.25) is 0 Å². The van der Waals surface area contributed by atoms with E-state index in [0.29, 0.717) is 5.57 Å². The zero-order valence-electron chi connectivity index (χ0n) is 16.6. The second-order valence-corrected chi connectivity index (χ2v) is 7.09. The van der Waals surface area contributed by atoms with E-state index in [2.05, 4.69) is 35.9 Å². The highest BCUT2D eigenvalue weighted by Crippen LogP contribution is 2.34. The molecule has 0 atom stereocenters. The normalized spacial score (nSPS) is 11.6. The summed E-state index contributed by atoms with van der Waals surface area (Å²) in [5.74, 6) is -0.305. The average Bonchev–Trinajstić information content (AvgIpc) is 3.05. The second kappa shape index (κ2) is 8.19. The van der Waals surface area contributed by atoms with Crippen LogP contribution in [0, 0.1) is 0 Å². The molecule has 4 aromatic rings. The standard InChI is InChI=1S/C26H23NO2/c1-19(26(28)29-18-20-11-5-3-6-12-20)17-23-22-15-9-10-16-24(22)27(2)25(23)21-13-7-4-8-14-21/h3-17H,18H2,1-2H3. The summed E-state index contributed by atoms with van der Waals surface area (Å²) in [6, 6.07) is 28.2. The summed E-state index contributed by atoms with van der Waals surface area (Å²) in [6.45, 7) is 2.08. The van der Waals surface area contributed by atoms with Crippen molar-refractivity contribution in [1.29, 1.82) is 0 Å². The van der Waals surface area contributed by atoms with Crippen LogP contribution in [-0.2, 0) is 23.2 Å². The molecule has 0 spiro atoms. The predicted molar refractivity (Wildman–Crippen MR) is 118 cm³/mol. The first-order valence-corrected chi connectivity index (χ1v) is 9.67. The number of rotatable bonds is 5. The molecule has 1 heterocycles. The highest BCUT2D eigenvalue weighted by Gasteiger charge is 2.16. The molecule has 0 unspecified atom stereocenters. The van der Waals surface area contributed by atoms with Crippen molar-refractivity contribution in [3.05, 3.63) is 102 Å². The molecular formula is C26H23NO2. The molecule has 3 nitrogen and oxygen atoms in total. The zero-order chi connectivity index (χ0) is 20.2. The lowest BCUT2D eigenvalue weighted by Gasteiger charge is -2.08. The van der Waals surface area contributed by atoms with Crippen LogP contribution in [0.4, 0.5) is 0 Å². The number of aryl methyl sites for hydroxylation is 1. The average molecular weight is 381 g/mol. The second-order valence-electron chi connectivity index (χ2n) is 7.09. The Morgan fingerprint density at radius 2 is 1.52 bits per heavy atom. The van der Waals surface area contributed by atoms with Crippen LogP contribution in [0.15, 0.2) is 90.5 Å². The first-order chi connectivity index (χ1) is 14.1. The highest BCUT2D eigenvalue weighted by molar-refractivity contribution is 6.02. The van der Waals surface area contributed by atoms with Gasteiger partial charge < -0.3 is 9.30 Å². The van der Waals surface area contributed by atoms with Crippen LogP contribution in [-0.4, -0.2) is 10.5 Å². The molecule has 29 heavy (non-hydrogen) atoms. The molecule has 1 aromatic heterocycles. The summed E-state index contributed by atoms with van der Waals surface area (Å²) < 4.78 is 7.69. The van der Waals surface area contributed by atoms with Crippen molar-refractivity contribution < 1.29 is 9.53 Å². The summed E-state index contributed by atoms with van der Waals surface area (Å²) in [5, 5.41) is 1.11. The van der Waals surface area contributed by atoms with Crippen molar-refractivity contribution in [3.63, 3.8) is 0 Å². The van der Waals surface area contributed by atoms with Crippen LogP contribution in [0.25, 0.3) is 28.2 Å². The summed E-state index contributed by atoms with van der Waals surface area (Å²) in [4.78, 5) is 12.6. The Kier molecular flexibility index (Phi) is 5.30. The van der Waals surface area contributed by atoms with Gasteiger partial charge in [0.25, 0.3) is 0 Å². The lowest BCUT2D eigenvalue weighted by molar-refractivity contribution is -0.140. The number of hydrogen-bond acceptors (Lipinski definition) is 2. The maximum atomic E-state index is 12.6. The van der Waals surface area contributed by atoms with Crippen molar-refractivity contribution in [3.8, 4) is 11.3 Å². The molecule has 0 bridgehead atoms. The Morgan fingerprint density at radius 1 is 0.897 bits per heavy atom. The van der Waals surface area contributed by atoms with Gasteiger partial charge >= 0.3 is 5.97 Å². The molecule has 0 saturated heterocycles. The largest absolute Gasteiger partial charge is 0.457 e. The van der Waals surface area contributed by atoms with Crippen molar-refractivity contribution in [1.82, 2.24) is 4.57 Å². The maximum absolute atomic E-state index is 12.6. The quantitative estimate of drug-likeness (QED) is 0.314. The summed E-state index contributed by atoms with van der Waals surface area (Å²) in [7, 11) is 2.06. The monoisotopic (exact) mass is 381 g/mol. The van der Waals surface area contributed by atoms with Crippen molar-refractivity contribution in [2.45, 2.75) is 13.5 Å². The van der Waals surface area contributed by atoms with Gasteiger partial charge in [-0.3, -0.25) is 0 Å². The maximum Gasteiger partial charge on any atom is 0.334 e. The van der Waals surface area contributed by atoms with Gasteiger partial charge in [0.15, 0.2) is 0 Å². The van der Waals surface area contributed by atoms with E-state index in [1.807, 2.05) is 73.7 Å². The van der Waals surface area contributed by atoms with Gasteiger partial charge in [-0.15, -0.1) is 0 Å². The van der Waals surface area contributed by atoms with Gasteiger partial charge in [-0.2, -0.15) is 0 Å². The highest BCUT2D eigenvalue weighted by atomic mass is 16.5. The molecule has 4 rings (SSSR count). The number of para-hydroxylation sites is 1. The molecule has 144 valence electrons. The van der Waals surface area contributed by atoms with Crippen LogP contribution < -0.4 is 0 Å². The van der Waals surface area contributed by atoms with Gasteiger partial charge in [-0.05, 0) is 30.2 Å². The van der Waals surface area contributed by atoms with Gasteiger partial charge in [0, 0.05) is 29.1 Å². The van der Waals surface area contributed by atoms with E-state index >= 15 is 0 Å². The number of nitrogens with zero attached hydrogens (tertiary/aromatic N) is 1. The van der Waals surface area contributed by atoms with E-state index in [1.54, 1.807) is 0 Å². The van der Waals surface area contributed by atoms with Gasteiger partial charge in [-0.1, -0.05) is 78.9 Å². The molecule has 0 aliphatic carbocycles. The Morgan fingerprint density at radius 3 is 2.24 bits per heavy atom. The van der Waals surface area contributed by atoms with E-state index in [1.165, 1.54) is 0 Å². The molecule has 3 aromatic carbocycles. The van der Waals surface area contributed by atoms with E-state index in [-0.39, 0.29) is 12.6 Å². The van der Waals surface area contributed by atoms with Gasteiger partial charge in [0.05, 0.1) is 5.69 Å². The number of fused-ring (bicyclic) bond motifs is 1. The third-order valence-corrected chi connectivity index (χ3v) is 5.09. The van der Waals surface area contributed by atoms with Crippen molar-refractivity contribution in [2.24, 2.45) is 7.05 Å². The lowest BCUT2D eigenvalue weighted by atomic mass is 10.0. The Hall–Kier alpha value is -3.59. The number of esters is 1.